The number of nitrogens with one attached hydrogen (secondary N) is 1. The molecule has 4 nitrogen and oxygen atoms in total. The molecular weight excluding hydrogens is 303 g/mol. The molecule has 0 saturated heterocycles. The first-order valence-electron chi connectivity index (χ1n) is 5.67. The van der Waals surface area contributed by atoms with Gasteiger partial charge in [-0.05, 0) is 24.3 Å². The van der Waals surface area contributed by atoms with Crippen molar-refractivity contribution in [3.8, 4) is 0 Å². The number of primary sulfonamides is 1. The third kappa shape index (κ3) is 3.47. The van der Waals surface area contributed by atoms with Gasteiger partial charge < -0.3 is 5.32 Å². The van der Waals surface area contributed by atoms with E-state index >= 15 is 0 Å². The maximum atomic E-state index is 13.7. The second-order valence-electron chi connectivity index (χ2n) is 4.14. The second kappa shape index (κ2) is 5.78. The van der Waals surface area contributed by atoms with Crippen molar-refractivity contribution in [3.05, 3.63) is 58.9 Å². The molecule has 0 spiro atoms. The van der Waals surface area contributed by atoms with Crippen molar-refractivity contribution in [2.45, 2.75) is 11.4 Å². The normalized spacial score (nSPS) is 11.3. The van der Waals surface area contributed by atoms with Gasteiger partial charge in [-0.1, -0.05) is 29.8 Å². The maximum absolute atomic E-state index is 13.7. The van der Waals surface area contributed by atoms with Crippen molar-refractivity contribution in [2.24, 2.45) is 5.14 Å². The van der Waals surface area contributed by atoms with Crippen LogP contribution in [0.2, 0.25) is 5.02 Å². The van der Waals surface area contributed by atoms with Gasteiger partial charge in [-0.3, -0.25) is 0 Å². The van der Waals surface area contributed by atoms with E-state index in [1.807, 2.05) is 0 Å². The summed E-state index contributed by atoms with van der Waals surface area (Å²) in [6.07, 6.45) is 0. The van der Waals surface area contributed by atoms with Gasteiger partial charge >= 0.3 is 0 Å². The lowest BCUT2D eigenvalue weighted by atomic mass is 10.2. The SMILES string of the molecule is NS(=O)(=O)c1cccc(NCc2cccc(Cl)c2F)c1. The van der Waals surface area contributed by atoms with Gasteiger partial charge in [-0.15, -0.1) is 0 Å². The van der Waals surface area contributed by atoms with Gasteiger partial charge in [0.15, 0.2) is 0 Å². The topological polar surface area (TPSA) is 72.2 Å². The quantitative estimate of drug-likeness (QED) is 0.911. The molecule has 7 heteroatoms. The standard InChI is InChI=1S/C13H12ClFN2O2S/c14-12-6-1-3-9(13(12)15)8-17-10-4-2-5-11(7-10)20(16,18)19/h1-7,17H,8H2,(H2,16,18,19). The lowest BCUT2D eigenvalue weighted by Crippen LogP contribution is -2.12. The Labute approximate surface area is 121 Å². The zero-order valence-corrected chi connectivity index (χ0v) is 11.9. The highest BCUT2D eigenvalue weighted by molar-refractivity contribution is 7.89. The lowest BCUT2D eigenvalue weighted by molar-refractivity contribution is 0.597. The Balaban J connectivity index is 2.18. The van der Waals surface area contributed by atoms with E-state index in [4.69, 9.17) is 16.7 Å². The number of rotatable bonds is 4. The Morgan fingerprint density at radius 3 is 2.60 bits per heavy atom. The third-order valence-corrected chi connectivity index (χ3v) is 3.88. The lowest BCUT2D eigenvalue weighted by Gasteiger charge is -2.09. The average Bonchev–Trinajstić information content (AvgIpc) is 2.40. The van der Waals surface area contributed by atoms with Crippen LogP contribution in [0.1, 0.15) is 5.56 Å². The zero-order valence-electron chi connectivity index (χ0n) is 10.3. The van der Waals surface area contributed by atoms with Crippen molar-refractivity contribution in [1.82, 2.24) is 0 Å². The number of nitrogens with two attached hydrogens (primary N) is 1. The Morgan fingerprint density at radius 1 is 1.20 bits per heavy atom. The van der Waals surface area contributed by atoms with Gasteiger partial charge in [0, 0.05) is 17.8 Å². The molecule has 2 aromatic carbocycles. The number of halogens is 2. The summed E-state index contributed by atoms with van der Waals surface area (Å²) in [6.45, 7) is 0.181. The van der Waals surface area contributed by atoms with Crippen LogP contribution in [0.4, 0.5) is 10.1 Å². The van der Waals surface area contributed by atoms with E-state index in [2.05, 4.69) is 5.32 Å². The summed E-state index contributed by atoms with van der Waals surface area (Å²) in [5.74, 6) is -0.496. The van der Waals surface area contributed by atoms with Crippen LogP contribution in [-0.2, 0) is 16.6 Å². The zero-order chi connectivity index (χ0) is 14.8. The molecule has 0 amide bonds. The molecule has 0 radical (unpaired) electrons. The van der Waals surface area contributed by atoms with Gasteiger partial charge in [0.1, 0.15) is 5.82 Å². The van der Waals surface area contributed by atoms with Crippen molar-refractivity contribution >= 4 is 27.3 Å². The average molecular weight is 315 g/mol. The van der Waals surface area contributed by atoms with Gasteiger partial charge in [-0.2, -0.15) is 0 Å². The van der Waals surface area contributed by atoms with Crippen molar-refractivity contribution in [3.63, 3.8) is 0 Å². The molecule has 0 aliphatic heterocycles. The summed E-state index contributed by atoms with van der Waals surface area (Å²) in [7, 11) is -3.76. The van der Waals surface area contributed by atoms with Gasteiger partial charge in [-0.25, -0.2) is 17.9 Å². The van der Waals surface area contributed by atoms with Crippen molar-refractivity contribution < 1.29 is 12.8 Å². The van der Waals surface area contributed by atoms with Crippen LogP contribution >= 0.6 is 11.6 Å². The summed E-state index contributed by atoms with van der Waals surface area (Å²) in [6, 6.07) is 10.7. The van der Waals surface area contributed by atoms with Gasteiger partial charge in [0.05, 0.1) is 9.92 Å². The van der Waals surface area contributed by atoms with E-state index in [-0.39, 0.29) is 16.5 Å². The molecule has 2 aromatic rings. The minimum Gasteiger partial charge on any atom is -0.381 e. The fraction of sp³-hybridized carbons (Fsp3) is 0.0769. The summed E-state index contributed by atoms with van der Waals surface area (Å²) in [5, 5.41) is 8.01. The molecule has 0 unspecified atom stereocenters. The molecule has 0 aromatic heterocycles. The van der Waals surface area contributed by atoms with Crippen LogP contribution in [-0.4, -0.2) is 8.42 Å². The van der Waals surface area contributed by atoms with E-state index in [1.54, 1.807) is 24.3 Å². The molecule has 0 bridgehead atoms. The summed E-state index contributed by atoms with van der Waals surface area (Å²) in [5.41, 5.74) is 0.911. The smallest absolute Gasteiger partial charge is 0.238 e. The van der Waals surface area contributed by atoms with Crippen LogP contribution in [0.25, 0.3) is 0 Å². The molecule has 2 rings (SSSR count). The van der Waals surface area contributed by atoms with Crippen LogP contribution < -0.4 is 10.5 Å². The molecule has 0 heterocycles. The fourth-order valence-corrected chi connectivity index (χ4v) is 2.42. The van der Waals surface area contributed by atoms with E-state index in [1.165, 1.54) is 18.2 Å². The van der Waals surface area contributed by atoms with Crippen LogP contribution in [0.3, 0.4) is 0 Å². The Hall–Kier alpha value is -1.63. The minimum atomic E-state index is -3.76. The highest BCUT2D eigenvalue weighted by Gasteiger charge is 2.09. The highest BCUT2D eigenvalue weighted by atomic mass is 35.5. The largest absolute Gasteiger partial charge is 0.381 e. The Kier molecular flexibility index (Phi) is 4.27. The predicted molar refractivity (Wildman–Crippen MR) is 76.6 cm³/mol. The van der Waals surface area contributed by atoms with Crippen molar-refractivity contribution in [2.75, 3.05) is 5.32 Å². The molecule has 0 aliphatic carbocycles. The van der Waals surface area contributed by atoms with E-state index in [0.717, 1.165) is 0 Å². The molecule has 0 aliphatic rings. The molecule has 0 saturated carbocycles. The van der Waals surface area contributed by atoms with Crippen LogP contribution in [0.5, 0.6) is 0 Å². The summed E-state index contributed by atoms with van der Waals surface area (Å²) < 4.78 is 36.1. The first-order valence-corrected chi connectivity index (χ1v) is 7.60. The molecule has 0 fully saturated rings. The summed E-state index contributed by atoms with van der Waals surface area (Å²) >= 11 is 5.68. The van der Waals surface area contributed by atoms with Crippen LogP contribution in [0, 0.1) is 5.82 Å². The first kappa shape index (κ1) is 14.8. The van der Waals surface area contributed by atoms with Crippen LogP contribution in [0.15, 0.2) is 47.4 Å². The van der Waals surface area contributed by atoms with Crippen molar-refractivity contribution in [1.29, 1.82) is 0 Å². The van der Waals surface area contributed by atoms with E-state index < -0.39 is 15.8 Å². The molecule has 106 valence electrons. The number of hydrogen-bond acceptors (Lipinski definition) is 3. The number of hydrogen-bond donors (Lipinski definition) is 2. The molecule has 20 heavy (non-hydrogen) atoms. The number of anilines is 1. The first-order chi connectivity index (χ1) is 9.38. The Bertz CT molecular complexity index is 735. The van der Waals surface area contributed by atoms with Gasteiger partial charge in [0.2, 0.25) is 10.0 Å². The Morgan fingerprint density at radius 2 is 1.90 bits per heavy atom. The second-order valence-corrected chi connectivity index (χ2v) is 6.11. The monoisotopic (exact) mass is 314 g/mol. The third-order valence-electron chi connectivity index (χ3n) is 2.68. The minimum absolute atomic E-state index is 0.00549. The fourth-order valence-electron chi connectivity index (χ4n) is 1.67. The number of benzene rings is 2. The molecular formula is C13H12ClFN2O2S. The highest BCUT2D eigenvalue weighted by Crippen LogP contribution is 2.20. The number of sulfonamides is 1. The van der Waals surface area contributed by atoms with E-state index in [0.29, 0.717) is 11.3 Å². The molecule has 0 atom stereocenters. The predicted octanol–water partition coefficient (Wildman–Crippen LogP) is 2.74. The van der Waals surface area contributed by atoms with E-state index in [9.17, 15) is 12.8 Å². The summed E-state index contributed by atoms with van der Waals surface area (Å²) in [4.78, 5) is -0.00549. The molecule has 3 N–H and O–H groups in total. The maximum Gasteiger partial charge on any atom is 0.238 e. The van der Waals surface area contributed by atoms with Gasteiger partial charge in [0.25, 0.3) is 0 Å².